The second kappa shape index (κ2) is 5.54. The highest BCUT2D eigenvalue weighted by Gasteiger charge is 2.39. The third-order valence-corrected chi connectivity index (χ3v) is 6.00. The maximum atomic E-state index is 12.4. The molecule has 0 saturated carbocycles. The highest BCUT2D eigenvalue weighted by atomic mass is 32.2. The molecule has 6 nitrogen and oxygen atoms in total. The minimum atomic E-state index is -3.29. The van der Waals surface area contributed by atoms with Crippen LogP contribution in [0.25, 0.3) is 0 Å². The quantitative estimate of drug-likeness (QED) is 0.678. The van der Waals surface area contributed by atoms with Crippen LogP contribution in [0.5, 0.6) is 0 Å². The largest absolute Gasteiger partial charge is 0.469 e. The predicted molar refractivity (Wildman–Crippen MR) is 64.5 cm³/mol. The predicted octanol–water partition coefficient (Wildman–Crippen LogP) is -0.00990. The molecule has 2 aliphatic heterocycles. The Labute approximate surface area is 107 Å². The Hall–Kier alpha value is -0.660. The van der Waals surface area contributed by atoms with Crippen LogP contribution in [0.2, 0.25) is 0 Å². The second-order valence-electron chi connectivity index (χ2n) is 4.72. The van der Waals surface area contributed by atoms with Gasteiger partial charge in [0, 0.05) is 26.3 Å². The number of nitrogens with zero attached hydrogens (tertiary/aromatic N) is 1. The van der Waals surface area contributed by atoms with Gasteiger partial charge in [0.25, 0.3) is 0 Å². The molecule has 0 aliphatic carbocycles. The van der Waals surface area contributed by atoms with Gasteiger partial charge in [0.1, 0.15) is 0 Å². The summed E-state index contributed by atoms with van der Waals surface area (Å²) < 4.78 is 36.0. The van der Waals surface area contributed by atoms with Crippen LogP contribution in [0.1, 0.15) is 19.3 Å². The van der Waals surface area contributed by atoms with Crippen LogP contribution >= 0.6 is 0 Å². The molecule has 1 unspecified atom stereocenters. The van der Waals surface area contributed by atoms with Gasteiger partial charge in [-0.2, -0.15) is 0 Å². The van der Waals surface area contributed by atoms with Gasteiger partial charge in [0.15, 0.2) is 0 Å². The molecule has 0 N–H and O–H groups in total. The van der Waals surface area contributed by atoms with E-state index in [1.807, 2.05) is 0 Å². The first-order valence-electron chi connectivity index (χ1n) is 6.20. The topological polar surface area (TPSA) is 72.9 Å². The van der Waals surface area contributed by atoms with Crippen molar-refractivity contribution in [2.45, 2.75) is 24.5 Å². The molecule has 18 heavy (non-hydrogen) atoms. The standard InChI is InChI=1S/C11H19NO5S/c1-16-11(13)9-2-5-12(8-9)18(14,15)10-3-6-17-7-4-10/h9-10H,2-8H2,1H3. The summed E-state index contributed by atoms with van der Waals surface area (Å²) >= 11 is 0. The maximum Gasteiger partial charge on any atom is 0.310 e. The van der Waals surface area contributed by atoms with Gasteiger partial charge in [-0.15, -0.1) is 0 Å². The van der Waals surface area contributed by atoms with E-state index in [1.165, 1.54) is 11.4 Å². The number of methoxy groups -OCH3 is 1. The second-order valence-corrected chi connectivity index (χ2v) is 6.94. The number of sulfonamides is 1. The van der Waals surface area contributed by atoms with E-state index in [4.69, 9.17) is 4.74 Å². The molecule has 0 bridgehead atoms. The third kappa shape index (κ3) is 2.67. The molecule has 2 aliphatic rings. The Morgan fingerprint density at radius 3 is 2.56 bits per heavy atom. The lowest BCUT2D eigenvalue weighted by Gasteiger charge is -2.26. The van der Waals surface area contributed by atoms with E-state index >= 15 is 0 Å². The zero-order chi connectivity index (χ0) is 13.2. The van der Waals surface area contributed by atoms with Crippen molar-refractivity contribution in [3.63, 3.8) is 0 Å². The number of hydrogen-bond acceptors (Lipinski definition) is 5. The Morgan fingerprint density at radius 1 is 1.28 bits per heavy atom. The first-order valence-corrected chi connectivity index (χ1v) is 7.70. The Bertz CT molecular complexity index is 402. The normalized spacial score (nSPS) is 27.3. The molecule has 0 spiro atoms. The maximum absolute atomic E-state index is 12.4. The Balaban J connectivity index is 2.01. The van der Waals surface area contributed by atoms with Crippen LogP contribution in [0.4, 0.5) is 0 Å². The van der Waals surface area contributed by atoms with Crippen molar-refractivity contribution in [2.75, 3.05) is 33.4 Å². The van der Waals surface area contributed by atoms with E-state index in [9.17, 15) is 13.2 Å². The molecule has 0 radical (unpaired) electrons. The summed E-state index contributed by atoms with van der Waals surface area (Å²) in [5.74, 6) is -0.635. The molecule has 2 fully saturated rings. The summed E-state index contributed by atoms with van der Waals surface area (Å²) in [6.07, 6.45) is 1.64. The lowest BCUT2D eigenvalue weighted by Crippen LogP contribution is -2.40. The molecule has 0 aromatic carbocycles. The monoisotopic (exact) mass is 277 g/mol. The molecule has 2 saturated heterocycles. The van der Waals surface area contributed by atoms with Crippen LogP contribution in [-0.4, -0.2) is 57.4 Å². The Kier molecular flexibility index (Phi) is 4.24. The van der Waals surface area contributed by atoms with Gasteiger partial charge >= 0.3 is 5.97 Å². The number of ether oxygens (including phenoxy) is 2. The lowest BCUT2D eigenvalue weighted by molar-refractivity contribution is -0.144. The molecule has 0 amide bonds. The van der Waals surface area contributed by atoms with Crippen molar-refractivity contribution in [2.24, 2.45) is 5.92 Å². The molecular weight excluding hydrogens is 258 g/mol. The van der Waals surface area contributed by atoms with E-state index in [1.54, 1.807) is 0 Å². The Morgan fingerprint density at radius 2 is 1.94 bits per heavy atom. The molecule has 2 rings (SSSR count). The molecule has 104 valence electrons. The minimum absolute atomic E-state index is 0.256. The van der Waals surface area contributed by atoms with E-state index in [-0.39, 0.29) is 23.7 Å². The summed E-state index contributed by atoms with van der Waals surface area (Å²) in [6, 6.07) is 0. The SMILES string of the molecule is COC(=O)C1CCN(S(=O)(=O)C2CCOCC2)C1. The average Bonchev–Trinajstić information content (AvgIpc) is 2.89. The summed E-state index contributed by atoms with van der Waals surface area (Å²) in [5, 5.41) is -0.359. The van der Waals surface area contributed by atoms with Crippen molar-refractivity contribution in [3.05, 3.63) is 0 Å². The van der Waals surface area contributed by atoms with Gasteiger partial charge in [-0.3, -0.25) is 4.79 Å². The first-order chi connectivity index (χ1) is 8.55. The van der Waals surface area contributed by atoms with Crippen molar-refractivity contribution >= 4 is 16.0 Å². The smallest absolute Gasteiger partial charge is 0.310 e. The minimum Gasteiger partial charge on any atom is -0.469 e. The van der Waals surface area contributed by atoms with E-state index in [0.717, 1.165) is 0 Å². The van der Waals surface area contributed by atoms with Gasteiger partial charge in [-0.05, 0) is 19.3 Å². The molecule has 7 heteroatoms. The first kappa shape index (κ1) is 13.8. The molecule has 0 aromatic heterocycles. The summed E-state index contributed by atoms with van der Waals surface area (Å²) in [5.41, 5.74) is 0. The molecule has 0 aromatic rings. The van der Waals surface area contributed by atoms with E-state index < -0.39 is 10.0 Å². The number of carbonyl (C=O) groups is 1. The van der Waals surface area contributed by atoms with Crippen molar-refractivity contribution in [1.29, 1.82) is 0 Å². The van der Waals surface area contributed by atoms with Crippen LogP contribution in [0.3, 0.4) is 0 Å². The number of carbonyl (C=O) groups excluding carboxylic acids is 1. The number of esters is 1. The summed E-state index contributed by atoms with van der Waals surface area (Å²) in [6.45, 7) is 1.67. The van der Waals surface area contributed by atoms with Crippen molar-refractivity contribution in [1.82, 2.24) is 4.31 Å². The van der Waals surface area contributed by atoms with Gasteiger partial charge in [-0.1, -0.05) is 0 Å². The van der Waals surface area contributed by atoms with Crippen LogP contribution in [0.15, 0.2) is 0 Å². The lowest BCUT2D eigenvalue weighted by atomic mass is 10.1. The highest BCUT2D eigenvalue weighted by molar-refractivity contribution is 7.89. The molecule has 1 atom stereocenters. The summed E-state index contributed by atoms with van der Waals surface area (Å²) in [4.78, 5) is 11.4. The van der Waals surface area contributed by atoms with Gasteiger partial charge < -0.3 is 9.47 Å². The van der Waals surface area contributed by atoms with Crippen LogP contribution in [-0.2, 0) is 24.3 Å². The van der Waals surface area contributed by atoms with Crippen LogP contribution < -0.4 is 0 Å². The zero-order valence-corrected chi connectivity index (χ0v) is 11.3. The van der Waals surface area contributed by atoms with Gasteiger partial charge in [-0.25, -0.2) is 12.7 Å². The summed E-state index contributed by atoms with van der Waals surface area (Å²) in [7, 11) is -1.96. The van der Waals surface area contributed by atoms with Crippen molar-refractivity contribution < 1.29 is 22.7 Å². The highest BCUT2D eigenvalue weighted by Crippen LogP contribution is 2.26. The van der Waals surface area contributed by atoms with Crippen LogP contribution in [0, 0.1) is 5.92 Å². The van der Waals surface area contributed by atoms with Gasteiger partial charge in [0.2, 0.25) is 10.0 Å². The number of rotatable bonds is 3. The van der Waals surface area contributed by atoms with Crippen molar-refractivity contribution in [3.8, 4) is 0 Å². The fourth-order valence-corrected chi connectivity index (χ4v) is 4.46. The van der Waals surface area contributed by atoms with E-state index in [0.29, 0.717) is 39.0 Å². The molecular formula is C11H19NO5S. The fraction of sp³-hybridized carbons (Fsp3) is 0.909. The van der Waals surface area contributed by atoms with E-state index in [2.05, 4.69) is 4.74 Å². The fourth-order valence-electron chi connectivity index (χ4n) is 2.50. The third-order valence-electron chi connectivity index (χ3n) is 3.63. The zero-order valence-electron chi connectivity index (χ0n) is 10.5. The van der Waals surface area contributed by atoms with Gasteiger partial charge in [0.05, 0.1) is 18.3 Å². The molecule has 2 heterocycles. The average molecular weight is 277 g/mol. The number of hydrogen-bond donors (Lipinski definition) is 0.